The van der Waals surface area contributed by atoms with Crippen LogP contribution in [0, 0.1) is 57.2 Å². The van der Waals surface area contributed by atoms with E-state index in [1.807, 2.05) is 12.1 Å². The average molecular weight is 703 g/mol. The second-order valence-electron chi connectivity index (χ2n) is 19.1. The largest absolute Gasteiger partial charge is 0.465 e. The molecule has 5 nitrogen and oxygen atoms in total. The lowest BCUT2D eigenvalue weighted by Gasteiger charge is -2.72. The van der Waals surface area contributed by atoms with Crippen molar-refractivity contribution in [3.63, 3.8) is 0 Å². The molecular weight excluding hydrogens is 629 g/mol. The zero-order chi connectivity index (χ0) is 36.3. The quantitative estimate of drug-likeness (QED) is 0.228. The molecule has 0 spiro atoms. The molecule has 0 radical (unpaired) electrons. The Morgan fingerprint density at radius 1 is 0.980 bits per heavy atom. The number of hydrogen-bond donors (Lipinski definition) is 2. The minimum absolute atomic E-state index is 0. The van der Waals surface area contributed by atoms with E-state index in [0.717, 1.165) is 38.0 Å². The van der Waals surface area contributed by atoms with Gasteiger partial charge in [-0.3, -0.25) is 0 Å². The number of ether oxygens (including phenoxy) is 2. The summed E-state index contributed by atoms with van der Waals surface area (Å²) in [5, 5.41) is 3.29. The lowest BCUT2D eigenvalue weighted by molar-refractivity contribution is -0.217. The molecule has 5 fully saturated rings. The molecule has 51 heavy (non-hydrogen) atoms. The molecule has 7 rings (SSSR count). The van der Waals surface area contributed by atoms with Gasteiger partial charge in [0.15, 0.2) is 0 Å². The van der Waals surface area contributed by atoms with Crippen LogP contribution in [0.4, 0.5) is 0 Å². The summed E-state index contributed by atoms with van der Waals surface area (Å²) >= 11 is 0. The summed E-state index contributed by atoms with van der Waals surface area (Å²) in [6, 6.07) is 8.10. The Morgan fingerprint density at radius 2 is 1.69 bits per heavy atom. The maximum atomic E-state index is 12.0. The van der Waals surface area contributed by atoms with Gasteiger partial charge in [0, 0.05) is 18.7 Å². The molecule has 1 aromatic rings. The van der Waals surface area contributed by atoms with Gasteiger partial charge in [-0.1, -0.05) is 86.3 Å². The van der Waals surface area contributed by atoms with Gasteiger partial charge >= 0.3 is 5.97 Å². The van der Waals surface area contributed by atoms with E-state index in [0.29, 0.717) is 51.6 Å². The van der Waals surface area contributed by atoms with Crippen LogP contribution in [0.25, 0.3) is 5.57 Å². The zero-order valence-electron chi connectivity index (χ0n) is 33.1. The highest BCUT2D eigenvalue weighted by atomic mass is 16.5. The first kappa shape index (κ1) is 40.2. The normalized spacial score (nSPS) is 42.0. The highest BCUT2D eigenvalue weighted by Gasteiger charge is 2.70. The van der Waals surface area contributed by atoms with E-state index in [9.17, 15) is 4.79 Å². The van der Waals surface area contributed by atoms with E-state index in [1.165, 1.54) is 81.6 Å². The molecule has 1 saturated heterocycles. The Morgan fingerprint density at radius 3 is 2.29 bits per heavy atom. The minimum atomic E-state index is -0.270. The molecule has 5 aliphatic carbocycles. The van der Waals surface area contributed by atoms with E-state index in [1.54, 1.807) is 0 Å². The van der Waals surface area contributed by atoms with E-state index in [2.05, 4.69) is 85.5 Å². The van der Waals surface area contributed by atoms with Crippen molar-refractivity contribution in [2.24, 2.45) is 62.9 Å². The number of rotatable bonds is 6. The van der Waals surface area contributed by atoms with Gasteiger partial charge in [0.05, 0.1) is 18.8 Å². The lowest BCUT2D eigenvalue weighted by atomic mass is 9.33. The Labute approximate surface area is 312 Å². The molecule has 0 bridgehead atoms. The zero-order valence-corrected chi connectivity index (χ0v) is 33.1. The molecule has 0 aromatic heterocycles. The first-order valence-corrected chi connectivity index (χ1v) is 20.2. The van der Waals surface area contributed by atoms with E-state index in [4.69, 9.17) is 15.2 Å². The number of likely N-dealkylation sites (N-methyl/N-ethyl adjacent to an activating group) is 1. The maximum absolute atomic E-state index is 12.0. The van der Waals surface area contributed by atoms with Crippen molar-refractivity contribution in [2.45, 2.75) is 139 Å². The van der Waals surface area contributed by atoms with Crippen molar-refractivity contribution >= 4 is 11.5 Å². The van der Waals surface area contributed by atoms with Crippen molar-refractivity contribution in [1.82, 2.24) is 5.32 Å². The highest BCUT2D eigenvalue weighted by Crippen LogP contribution is 2.76. The van der Waals surface area contributed by atoms with Crippen molar-refractivity contribution in [3.8, 4) is 0 Å². The SMILES string of the molecule is C.C=C(C)[C@@H]1CC[C@]2(N)CC[C@]3(C)[C@H](CC[C@@H]4[C@@]5(C)CC=C(c6ccc(C(=O)OC)cc6)C(C)(C)[C@@H]5CC[C@]43C)[C@@H]12.CCNC[C@@H]1CC(C)CO1. The summed E-state index contributed by atoms with van der Waals surface area (Å²) in [6.07, 6.45) is 15.6. The molecular formula is C46H74N2O3. The van der Waals surface area contributed by atoms with E-state index >= 15 is 0 Å². The Bertz CT molecular complexity index is 1450. The minimum Gasteiger partial charge on any atom is -0.465 e. The van der Waals surface area contributed by atoms with E-state index in [-0.39, 0.29) is 24.3 Å². The number of benzene rings is 1. The number of carbonyl (C=O) groups excluding carboxylic acids is 1. The second kappa shape index (κ2) is 14.7. The number of esters is 1. The number of allylic oxidation sites excluding steroid dienone is 3. The van der Waals surface area contributed by atoms with Crippen molar-refractivity contribution in [1.29, 1.82) is 0 Å². The number of nitrogens with one attached hydrogen (secondary N) is 1. The number of carbonyl (C=O) groups is 1. The van der Waals surface area contributed by atoms with Gasteiger partial charge in [-0.15, -0.1) is 0 Å². The molecule has 11 atom stereocenters. The third-order valence-corrected chi connectivity index (χ3v) is 16.2. The van der Waals surface area contributed by atoms with Crippen LogP contribution in [0.5, 0.6) is 0 Å². The Hall–Kier alpha value is -1.95. The monoisotopic (exact) mass is 703 g/mol. The van der Waals surface area contributed by atoms with Gasteiger partial charge in [0.1, 0.15) is 0 Å². The van der Waals surface area contributed by atoms with Crippen LogP contribution in [0.15, 0.2) is 42.5 Å². The van der Waals surface area contributed by atoms with Crippen LogP contribution < -0.4 is 11.1 Å². The summed E-state index contributed by atoms with van der Waals surface area (Å²) in [4.78, 5) is 12.0. The highest BCUT2D eigenvalue weighted by molar-refractivity contribution is 5.89. The second-order valence-corrected chi connectivity index (χ2v) is 19.1. The smallest absolute Gasteiger partial charge is 0.337 e. The molecule has 1 heterocycles. The Balaban J connectivity index is 0.000000397. The summed E-state index contributed by atoms with van der Waals surface area (Å²) in [5.74, 6) is 3.80. The number of nitrogens with two attached hydrogens (primary N) is 1. The fourth-order valence-electron chi connectivity index (χ4n) is 13.5. The summed E-state index contributed by atoms with van der Waals surface area (Å²) < 4.78 is 10.4. The standard InChI is InChI=1S/C37H53NO2.C8H17NO.CH4/c1-23(2)26-15-20-37(38)22-21-35(6)28(31(26)37)13-14-30-34(5)18-16-27(24-9-11-25(12-10-24)32(39)40-8)33(3,4)29(34)17-19-36(30,35)7;1-3-9-5-8-4-7(2)6-10-8;/h9-12,16,26,28-31H,1,13-15,17-22,38H2,2-8H3;7-9H,3-6H2,1-2H3;1H4/t26-,28+,29-,30+,31+,34-,35+,36+,37-;7?,8-;/m00./s1. The predicted molar refractivity (Wildman–Crippen MR) is 213 cm³/mol. The van der Waals surface area contributed by atoms with E-state index < -0.39 is 0 Å². The van der Waals surface area contributed by atoms with Crippen LogP contribution in [0.3, 0.4) is 0 Å². The first-order valence-electron chi connectivity index (χ1n) is 20.2. The molecule has 1 aliphatic heterocycles. The van der Waals surface area contributed by atoms with Crippen molar-refractivity contribution in [3.05, 3.63) is 53.6 Å². The summed E-state index contributed by atoms with van der Waals surface area (Å²) in [6.45, 7) is 27.2. The van der Waals surface area contributed by atoms with Gasteiger partial charge in [0.25, 0.3) is 0 Å². The first-order chi connectivity index (χ1) is 23.6. The fraction of sp³-hybridized carbons (Fsp3) is 0.761. The fourth-order valence-corrected chi connectivity index (χ4v) is 13.5. The van der Waals surface area contributed by atoms with Gasteiger partial charge in [-0.25, -0.2) is 4.79 Å². The van der Waals surface area contributed by atoms with Gasteiger partial charge < -0.3 is 20.5 Å². The van der Waals surface area contributed by atoms with Crippen LogP contribution in [0.2, 0.25) is 0 Å². The molecule has 0 amide bonds. The number of methoxy groups -OCH3 is 1. The average Bonchev–Trinajstić information content (AvgIpc) is 3.66. The van der Waals surface area contributed by atoms with Crippen LogP contribution in [-0.2, 0) is 9.47 Å². The molecule has 6 aliphatic rings. The Kier molecular flexibility index (Phi) is 11.6. The van der Waals surface area contributed by atoms with Crippen LogP contribution >= 0.6 is 0 Å². The summed E-state index contributed by atoms with van der Waals surface area (Å²) in [7, 11) is 1.45. The molecule has 5 heteroatoms. The lowest BCUT2D eigenvalue weighted by Crippen LogP contribution is -2.67. The van der Waals surface area contributed by atoms with Crippen LogP contribution in [0.1, 0.15) is 143 Å². The molecule has 286 valence electrons. The van der Waals surface area contributed by atoms with Gasteiger partial charge in [-0.2, -0.15) is 0 Å². The number of hydrogen-bond acceptors (Lipinski definition) is 5. The third kappa shape index (κ3) is 6.62. The maximum Gasteiger partial charge on any atom is 0.337 e. The third-order valence-electron chi connectivity index (χ3n) is 16.2. The molecule has 1 unspecified atom stereocenters. The van der Waals surface area contributed by atoms with Gasteiger partial charge in [-0.05, 0) is 158 Å². The topological polar surface area (TPSA) is 73.6 Å². The predicted octanol–water partition coefficient (Wildman–Crippen LogP) is 10.5. The van der Waals surface area contributed by atoms with Gasteiger partial charge in [0.2, 0.25) is 0 Å². The molecule has 1 aromatic carbocycles. The molecule has 4 saturated carbocycles. The van der Waals surface area contributed by atoms with Crippen molar-refractivity contribution < 1.29 is 14.3 Å². The number of fused-ring (bicyclic) bond motifs is 7. The van der Waals surface area contributed by atoms with Crippen molar-refractivity contribution in [2.75, 3.05) is 26.8 Å². The summed E-state index contributed by atoms with van der Waals surface area (Å²) in [5.41, 5.74) is 13.0. The van der Waals surface area contributed by atoms with Crippen LogP contribution in [-0.4, -0.2) is 44.4 Å². The molecule has 3 N–H and O–H groups in total.